The van der Waals surface area contributed by atoms with Crippen LogP contribution >= 0.6 is 0 Å². The molecule has 2 aliphatic carbocycles. The fourth-order valence-corrected chi connectivity index (χ4v) is 3.59. The molecule has 2 bridgehead atoms. The van der Waals surface area contributed by atoms with Gasteiger partial charge in [-0.1, -0.05) is 6.42 Å². The smallest absolute Gasteiger partial charge is 0.220 e. The molecule has 17 heavy (non-hydrogen) atoms. The normalized spacial score (nSPS) is 32.7. The largest absolute Gasteiger partial charge is 0.356 e. The molecule has 4 atom stereocenters. The number of nitrogens with one attached hydrogen (secondary N) is 1. The molecule has 4 unspecified atom stereocenters. The Morgan fingerprint density at radius 2 is 2.24 bits per heavy atom. The van der Waals surface area contributed by atoms with Gasteiger partial charge in [-0.2, -0.15) is 0 Å². The summed E-state index contributed by atoms with van der Waals surface area (Å²) in [6.45, 7) is 2.80. The maximum atomic E-state index is 11.8. The number of hydrogen-bond donors (Lipinski definition) is 2. The van der Waals surface area contributed by atoms with Gasteiger partial charge in [-0.15, -0.1) is 0 Å². The van der Waals surface area contributed by atoms with Crippen LogP contribution < -0.4 is 11.1 Å². The van der Waals surface area contributed by atoms with E-state index in [1.807, 2.05) is 6.92 Å². The highest BCUT2D eigenvalue weighted by Crippen LogP contribution is 2.49. The van der Waals surface area contributed by atoms with E-state index in [-0.39, 0.29) is 11.9 Å². The molecule has 3 N–H and O–H groups in total. The summed E-state index contributed by atoms with van der Waals surface area (Å²) in [5.74, 6) is 2.74. The van der Waals surface area contributed by atoms with Crippen molar-refractivity contribution >= 4 is 5.91 Å². The molecule has 0 spiro atoms. The fraction of sp³-hybridized carbons (Fsp3) is 0.929. The van der Waals surface area contributed by atoms with Gasteiger partial charge < -0.3 is 11.1 Å². The summed E-state index contributed by atoms with van der Waals surface area (Å²) in [6.07, 6.45) is 8.24. The molecule has 98 valence electrons. The fourth-order valence-electron chi connectivity index (χ4n) is 3.59. The molecule has 1 amide bonds. The summed E-state index contributed by atoms with van der Waals surface area (Å²) in [6, 6.07) is 0.248. The minimum atomic E-state index is 0.248. The summed E-state index contributed by atoms with van der Waals surface area (Å²) in [7, 11) is 0. The van der Waals surface area contributed by atoms with Crippen molar-refractivity contribution in [2.75, 3.05) is 6.54 Å². The van der Waals surface area contributed by atoms with Crippen molar-refractivity contribution in [3.63, 3.8) is 0 Å². The molecule has 0 heterocycles. The highest BCUT2D eigenvalue weighted by atomic mass is 16.1. The van der Waals surface area contributed by atoms with Crippen LogP contribution in [0.2, 0.25) is 0 Å². The SMILES string of the molecule is CC(N)CCCNC(=O)CC1CC2CCC1C2. The molecule has 0 saturated heterocycles. The Bertz CT molecular complexity index is 265. The topological polar surface area (TPSA) is 55.1 Å². The van der Waals surface area contributed by atoms with Crippen molar-refractivity contribution in [2.24, 2.45) is 23.5 Å². The van der Waals surface area contributed by atoms with Crippen LogP contribution in [0.5, 0.6) is 0 Å². The Morgan fingerprint density at radius 1 is 1.41 bits per heavy atom. The lowest BCUT2D eigenvalue weighted by Crippen LogP contribution is -2.29. The Kier molecular flexibility index (Phi) is 4.43. The molecule has 2 fully saturated rings. The van der Waals surface area contributed by atoms with E-state index in [2.05, 4.69) is 5.32 Å². The van der Waals surface area contributed by atoms with Crippen molar-refractivity contribution < 1.29 is 4.79 Å². The van der Waals surface area contributed by atoms with Gasteiger partial charge in [-0.3, -0.25) is 4.79 Å². The standard InChI is InChI=1S/C14H26N2O/c1-10(15)3-2-6-16-14(17)9-13-8-11-4-5-12(13)7-11/h10-13H,2-9,15H2,1H3,(H,16,17). The zero-order valence-corrected chi connectivity index (χ0v) is 11.0. The first-order valence-electron chi connectivity index (χ1n) is 7.17. The van der Waals surface area contributed by atoms with Crippen LogP contribution in [-0.2, 0) is 4.79 Å². The van der Waals surface area contributed by atoms with Crippen LogP contribution in [-0.4, -0.2) is 18.5 Å². The molecule has 3 nitrogen and oxygen atoms in total. The van der Waals surface area contributed by atoms with Crippen molar-refractivity contribution in [3.05, 3.63) is 0 Å². The molecule has 0 radical (unpaired) electrons. The van der Waals surface area contributed by atoms with Crippen LogP contribution in [0.15, 0.2) is 0 Å². The van der Waals surface area contributed by atoms with Gasteiger partial charge in [0, 0.05) is 19.0 Å². The third kappa shape index (κ3) is 3.70. The van der Waals surface area contributed by atoms with Gasteiger partial charge in [0.2, 0.25) is 5.91 Å². The first-order chi connectivity index (χ1) is 8.15. The number of nitrogens with two attached hydrogens (primary N) is 1. The summed E-state index contributed by atoms with van der Waals surface area (Å²) in [5, 5.41) is 3.03. The molecule has 0 aromatic heterocycles. The lowest BCUT2D eigenvalue weighted by Gasteiger charge is -2.20. The van der Waals surface area contributed by atoms with Crippen LogP contribution in [0.1, 0.15) is 51.9 Å². The van der Waals surface area contributed by atoms with Crippen molar-refractivity contribution in [1.29, 1.82) is 0 Å². The van der Waals surface area contributed by atoms with E-state index in [1.54, 1.807) is 0 Å². The average Bonchev–Trinajstić information content (AvgIpc) is 2.86. The second kappa shape index (κ2) is 5.85. The van der Waals surface area contributed by atoms with E-state index in [0.29, 0.717) is 5.92 Å². The van der Waals surface area contributed by atoms with Gasteiger partial charge in [0.15, 0.2) is 0 Å². The van der Waals surface area contributed by atoms with E-state index in [9.17, 15) is 4.79 Å². The van der Waals surface area contributed by atoms with Crippen LogP contribution in [0.3, 0.4) is 0 Å². The maximum Gasteiger partial charge on any atom is 0.220 e. The second-order valence-electron chi connectivity index (χ2n) is 6.11. The number of fused-ring (bicyclic) bond motifs is 2. The highest BCUT2D eigenvalue weighted by Gasteiger charge is 2.39. The first kappa shape index (κ1) is 12.9. The lowest BCUT2D eigenvalue weighted by molar-refractivity contribution is -0.122. The van der Waals surface area contributed by atoms with E-state index in [4.69, 9.17) is 5.73 Å². The molecule has 0 aromatic rings. The summed E-state index contributed by atoms with van der Waals surface area (Å²) in [4.78, 5) is 11.8. The molecule has 2 aliphatic rings. The average molecular weight is 238 g/mol. The Morgan fingerprint density at radius 3 is 2.82 bits per heavy atom. The highest BCUT2D eigenvalue weighted by molar-refractivity contribution is 5.76. The second-order valence-corrected chi connectivity index (χ2v) is 6.11. The molecule has 2 rings (SSSR count). The Hall–Kier alpha value is -0.570. The van der Waals surface area contributed by atoms with Crippen LogP contribution in [0, 0.1) is 17.8 Å². The lowest BCUT2D eigenvalue weighted by atomic mass is 9.86. The van der Waals surface area contributed by atoms with E-state index >= 15 is 0 Å². The van der Waals surface area contributed by atoms with Gasteiger partial charge in [-0.25, -0.2) is 0 Å². The van der Waals surface area contributed by atoms with Crippen LogP contribution in [0.4, 0.5) is 0 Å². The maximum absolute atomic E-state index is 11.8. The monoisotopic (exact) mass is 238 g/mol. The number of carbonyl (C=O) groups is 1. The third-order valence-electron chi connectivity index (χ3n) is 4.49. The molecule has 3 heteroatoms. The summed E-state index contributed by atoms with van der Waals surface area (Å²) < 4.78 is 0. The third-order valence-corrected chi connectivity index (χ3v) is 4.49. The minimum absolute atomic E-state index is 0.248. The quantitative estimate of drug-likeness (QED) is 0.696. The van der Waals surface area contributed by atoms with Crippen molar-refractivity contribution in [2.45, 2.75) is 57.9 Å². The molecular weight excluding hydrogens is 212 g/mol. The molecule has 2 saturated carbocycles. The minimum Gasteiger partial charge on any atom is -0.356 e. The first-order valence-corrected chi connectivity index (χ1v) is 7.17. The van der Waals surface area contributed by atoms with Crippen molar-refractivity contribution in [3.8, 4) is 0 Å². The van der Waals surface area contributed by atoms with Gasteiger partial charge >= 0.3 is 0 Å². The van der Waals surface area contributed by atoms with E-state index < -0.39 is 0 Å². The number of carbonyl (C=O) groups excluding carboxylic acids is 1. The molecule has 0 aliphatic heterocycles. The predicted octanol–water partition coefficient (Wildman–Crippen LogP) is 2.06. The van der Waals surface area contributed by atoms with E-state index in [1.165, 1.54) is 25.7 Å². The molecule has 0 aromatic carbocycles. The number of rotatable bonds is 6. The summed E-state index contributed by atoms with van der Waals surface area (Å²) in [5.41, 5.74) is 5.67. The zero-order chi connectivity index (χ0) is 12.3. The van der Waals surface area contributed by atoms with Gasteiger partial charge in [0.05, 0.1) is 0 Å². The number of amides is 1. The van der Waals surface area contributed by atoms with Gasteiger partial charge in [0.25, 0.3) is 0 Å². The number of hydrogen-bond acceptors (Lipinski definition) is 2. The Balaban J connectivity index is 1.58. The summed E-state index contributed by atoms with van der Waals surface area (Å²) >= 11 is 0. The van der Waals surface area contributed by atoms with Crippen molar-refractivity contribution in [1.82, 2.24) is 5.32 Å². The van der Waals surface area contributed by atoms with Gasteiger partial charge in [0.1, 0.15) is 0 Å². The van der Waals surface area contributed by atoms with Crippen LogP contribution in [0.25, 0.3) is 0 Å². The van der Waals surface area contributed by atoms with E-state index in [0.717, 1.165) is 37.6 Å². The van der Waals surface area contributed by atoms with Gasteiger partial charge in [-0.05, 0) is 56.8 Å². The molecular formula is C14H26N2O. The zero-order valence-electron chi connectivity index (χ0n) is 11.0. The Labute approximate surface area is 105 Å². The predicted molar refractivity (Wildman–Crippen MR) is 69.4 cm³/mol.